The SMILES string of the molecule is CC1CCC12C(C)CC21NC(=O)C(C)(Oc2ccc(O)cc2Cl)N1.Cc1ccc(NC(=O)C(C)(F)F)cc1. The van der Waals surface area contributed by atoms with E-state index in [1.807, 2.05) is 6.92 Å². The minimum absolute atomic E-state index is 0.0628. The Labute approximate surface area is 226 Å². The number of aromatic hydroxyl groups is 1. The molecule has 1 aliphatic heterocycles. The molecule has 5 atom stereocenters. The third-order valence-corrected chi connectivity index (χ3v) is 8.60. The van der Waals surface area contributed by atoms with Gasteiger partial charge in [-0.05, 0) is 69.2 Å². The number of aryl methyl sites for hydroxylation is 1. The van der Waals surface area contributed by atoms with Crippen LogP contribution >= 0.6 is 11.6 Å². The molecule has 0 aromatic heterocycles. The number of phenolic OH excluding ortho intramolecular Hbond substituents is 1. The van der Waals surface area contributed by atoms with E-state index in [1.54, 1.807) is 37.3 Å². The Kier molecular flexibility index (Phi) is 7.16. The predicted molar refractivity (Wildman–Crippen MR) is 141 cm³/mol. The maximum absolute atomic E-state index is 12.7. The highest BCUT2D eigenvalue weighted by Crippen LogP contribution is 2.68. The third-order valence-electron chi connectivity index (χ3n) is 8.31. The van der Waals surface area contributed by atoms with Gasteiger partial charge in [-0.25, -0.2) is 5.32 Å². The van der Waals surface area contributed by atoms with Crippen LogP contribution in [0.25, 0.3) is 0 Å². The van der Waals surface area contributed by atoms with Gasteiger partial charge in [-0.1, -0.05) is 43.1 Å². The van der Waals surface area contributed by atoms with E-state index in [0.29, 0.717) is 30.2 Å². The van der Waals surface area contributed by atoms with Gasteiger partial charge in [-0.2, -0.15) is 8.78 Å². The fraction of sp³-hybridized carbons (Fsp3) is 0.500. The molecule has 2 aliphatic carbocycles. The molecule has 2 aromatic rings. The summed E-state index contributed by atoms with van der Waals surface area (Å²) in [6.45, 7) is 8.71. The lowest BCUT2D eigenvalue weighted by atomic mass is 9.40. The molecule has 38 heavy (non-hydrogen) atoms. The van der Waals surface area contributed by atoms with Crippen LogP contribution in [0.1, 0.15) is 52.5 Å². The van der Waals surface area contributed by atoms with E-state index in [-0.39, 0.29) is 27.8 Å². The third kappa shape index (κ3) is 4.82. The van der Waals surface area contributed by atoms with Gasteiger partial charge >= 0.3 is 5.92 Å². The monoisotopic (exact) mass is 549 g/mol. The molecule has 10 heteroatoms. The first-order valence-electron chi connectivity index (χ1n) is 12.7. The summed E-state index contributed by atoms with van der Waals surface area (Å²) in [6.07, 6.45) is 3.23. The number of amides is 2. The Morgan fingerprint density at radius 3 is 2.34 bits per heavy atom. The largest absolute Gasteiger partial charge is 0.508 e. The molecule has 3 fully saturated rings. The second kappa shape index (κ2) is 9.68. The van der Waals surface area contributed by atoms with Crippen LogP contribution in [0, 0.1) is 24.2 Å². The van der Waals surface area contributed by atoms with Crippen molar-refractivity contribution in [3.05, 3.63) is 53.1 Å². The fourth-order valence-corrected chi connectivity index (χ4v) is 6.33. The maximum Gasteiger partial charge on any atom is 0.322 e. The number of halogens is 3. The van der Waals surface area contributed by atoms with E-state index in [9.17, 15) is 23.5 Å². The first-order valence-corrected chi connectivity index (χ1v) is 13.1. The van der Waals surface area contributed by atoms with Gasteiger partial charge in [0.15, 0.2) is 0 Å². The minimum Gasteiger partial charge on any atom is -0.508 e. The molecule has 1 saturated heterocycles. The lowest BCUT2D eigenvalue weighted by molar-refractivity contribution is -0.201. The zero-order valence-corrected chi connectivity index (χ0v) is 22.9. The van der Waals surface area contributed by atoms with E-state index in [4.69, 9.17) is 16.3 Å². The molecule has 2 aromatic carbocycles. The van der Waals surface area contributed by atoms with Crippen molar-refractivity contribution in [3.63, 3.8) is 0 Å². The van der Waals surface area contributed by atoms with E-state index in [0.717, 1.165) is 18.4 Å². The normalized spacial score (nSPS) is 31.5. The van der Waals surface area contributed by atoms with Crippen LogP contribution in [-0.4, -0.2) is 34.2 Å². The summed E-state index contributed by atoms with van der Waals surface area (Å²) in [5.74, 6) is -3.21. The van der Waals surface area contributed by atoms with E-state index in [1.165, 1.54) is 18.6 Å². The number of anilines is 1. The summed E-state index contributed by atoms with van der Waals surface area (Å²) in [5, 5.41) is 18.5. The fourth-order valence-electron chi connectivity index (χ4n) is 6.12. The molecule has 4 N–H and O–H groups in total. The predicted octanol–water partition coefficient (Wildman–Crippen LogP) is 5.60. The van der Waals surface area contributed by atoms with Crippen LogP contribution in [0.4, 0.5) is 14.5 Å². The number of nitrogens with one attached hydrogen (secondary N) is 3. The van der Waals surface area contributed by atoms with Gasteiger partial charge < -0.3 is 20.5 Å². The van der Waals surface area contributed by atoms with Crippen molar-refractivity contribution < 1.29 is 28.2 Å². The van der Waals surface area contributed by atoms with Crippen molar-refractivity contribution in [1.82, 2.24) is 10.6 Å². The zero-order chi connectivity index (χ0) is 28.1. The molecule has 0 bridgehead atoms. The number of ether oxygens (including phenoxy) is 1. The lowest BCUT2D eigenvalue weighted by Crippen LogP contribution is -2.79. The highest BCUT2D eigenvalue weighted by atomic mass is 35.5. The van der Waals surface area contributed by atoms with Crippen LogP contribution in [0.2, 0.25) is 5.02 Å². The van der Waals surface area contributed by atoms with Crippen LogP contribution in [0.5, 0.6) is 11.5 Å². The quantitative estimate of drug-likeness (QED) is 0.398. The van der Waals surface area contributed by atoms with Crippen molar-refractivity contribution in [2.45, 2.75) is 71.2 Å². The van der Waals surface area contributed by atoms with Crippen molar-refractivity contribution >= 4 is 29.1 Å². The average Bonchev–Trinajstić information content (AvgIpc) is 3.07. The number of phenols is 1. The number of hydrogen-bond acceptors (Lipinski definition) is 5. The Morgan fingerprint density at radius 2 is 1.84 bits per heavy atom. The highest BCUT2D eigenvalue weighted by molar-refractivity contribution is 6.32. The van der Waals surface area contributed by atoms with Gasteiger partial charge in [-0.3, -0.25) is 9.59 Å². The first-order chi connectivity index (χ1) is 17.6. The topological polar surface area (TPSA) is 99.7 Å². The molecule has 5 unspecified atom stereocenters. The van der Waals surface area contributed by atoms with Gasteiger partial charge in [0, 0.05) is 24.1 Å². The summed E-state index contributed by atoms with van der Waals surface area (Å²) in [4.78, 5) is 23.6. The van der Waals surface area contributed by atoms with E-state index in [2.05, 4.69) is 29.8 Å². The molecule has 2 spiro atoms. The standard InChI is InChI=1S/C18H23ClN2O3.C10H11F2NO/c1-10-6-7-17(10)11(2)9-18(17)20-15(23)16(3,21-18)24-14-5-4-12(22)8-13(14)19;1-7-3-5-8(6-4-7)13-9(14)10(2,11)12/h4-5,8,10-11,21-22H,6-7,9H2,1-3H3,(H,20,23);3-6H,1-2H3,(H,13,14). The van der Waals surface area contributed by atoms with Crippen molar-refractivity contribution in [1.29, 1.82) is 0 Å². The number of rotatable bonds is 4. The van der Waals surface area contributed by atoms with Gasteiger partial charge in [0.1, 0.15) is 17.2 Å². The average molecular weight is 550 g/mol. The summed E-state index contributed by atoms with van der Waals surface area (Å²) < 4.78 is 30.9. The second-order valence-electron chi connectivity index (χ2n) is 11.0. The molecule has 5 rings (SSSR count). The van der Waals surface area contributed by atoms with E-state index >= 15 is 0 Å². The van der Waals surface area contributed by atoms with Crippen LogP contribution < -0.4 is 20.7 Å². The summed E-state index contributed by atoms with van der Waals surface area (Å²) in [6, 6.07) is 11.1. The minimum atomic E-state index is -3.34. The first kappa shape index (κ1) is 28.1. The molecule has 206 valence electrons. The maximum atomic E-state index is 12.7. The molecule has 7 nitrogen and oxygen atoms in total. The zero-order valence-electron chi connectivity index (χ0n) is 22.1. The Bertz CT molecular complexity index is 1230. The molecule has 1 heterocycles. The smallest absolute Gasteiger partial charge is 0.322 e. The Balaban J connectivity index is 0.000000206. The lowest BCUT2D eigenvalue weighted by Gasteiger charge is -2.70. The number of carbonyl (C=O) groups excluding carboxylic acids is 2. The van der Waals surface area contributed by atoms with Gasteiger partial charge in [0.2, 0.25) is 5.72 Å². The summed E-state index contributed by atoms with van der Waals surface area (Å²) >= 11 is 6.13. The van der Waals surface area contributed by atoms with Crippen LogP contribution in [-0.2, 0) is 9.59 Å². The highest BCUT2D eigenvalue weighted by Gasteiger charge is 2.74. The van der Waals surface area contributed by atoms with Gasteiger partial charge in [-0.15, -0.1) is 0 Å². The number of carbonyl (C=O) groups is 2. The summed E-state index contributed by atoms with van der Waals surface area (Å²) in [5.41, 5.74) is -0.0707. The molecule has 3 aliphatic rings. The number of hydrogen-bond donors (Lipinski definition) is 4. The second-order valence-corrected chi connectivity index (χ2v) is 11.4. The number of fused-ring (bicyclic) bond motifs is 1. The Morgan fingerprint density at radius 1 is 1.18 bits per heavy atom. The number of benzene rings is 2. The molecule has 0 radical (unpaired) electrons. The van der Waals surface area contributed by atoms with Crippen LogP contribution in [0.15, 0.2) is 42.5 Å². The van der Waals surface area contributed by atoms with Gasteiger partial charge in [0.05, 0.1) is 5.02 Å². The van der Waals surface area contributed by atoms with Gasteiger partial charge in [0.25, 0.3) is 11.8 Å². The number of alkyl halides is 2. The van der Waals surface area contributed by atoms with Crippen molar-refractivity contribution in [2.75, 3.05) is 5.32 Å². The Hall–Kier alpha value is -2.91. The van der Waals surface area contributed by atoms with Crippen molar-refractivity contribution in [3.8, 4) is 11.5 Å². The van der Waals surface area contributed by atoms with Crippen LogP contribution in [0.3, 0.4) is 0 Å². The summed E-state index contributed by atoms with van der Waals surface area (Å²) in [7, 11) is 0. The molecule has 2 saturated carbocycles. The molecule has 2 amide bonds. The molecular formula is C28H34ClF2N3O4. The van der Waals surface area contributed by atoms with E-state index < -0.39 is 17.6 Å². The van der Waals surface area contributed by atoms with Crippen molar-refractivity contribution in [2.24, 2.45) is 17.3 Å². The molecular weight excluding hydrogens is 516 g/mol.